The Kier molecular flexibility index (Phi) is 5.92. The number of halogens is 1. The Morgan fingerprint density at radius 1 is 1.13 bits per heavy atom. The summed E-state index contributed by atoms with van der Waals surface area (Å²) in [4.78, 5) is 15.4. The van der Waals surface area contributed by atoms with Crippen LogP contribution in [0.5, 0.6) is 0 Å². The molecule has 1 amide bonds. The van der Waals surface area contributed by atoms with Gasteiger partial charge in [-0.15, -0.1) is 4.40 Å². The van der Waals surface area contributed by atoms with Crippen LogP contribution in [-0.2, 0) is 37.0 Å². The first-order valence-electron chi connectivity index (χ1n) is 12.7. The molecule has 6 rings (SSSR count). The molecule has 4 atom stereocenters. The van der Waals surface area contributed by atoms with Gasteiger partial charge in [0.25, 0.3) is 15.9 Å². The third-order valence-corrected chi connectivity index (χ3v) is 10.5. The molecule has 0 saturated heterocycles. The number of carbonyl (C=O) groups is 1. The molecule has 2 aliphatic carbocycles. The number of amides is 1. The third kappa shape index (κ3) is 4.43. The van der Waals surface area contributed by atoms with E-state index in [0.717, 1.165) is 25.5 Å². The average Bonchev–Trinajstić information content (AvgIpc) is 3.46. The van der Waals surface area contributed by atoms with Crippen molar-refractivity contribution >= 4 is 37.3 Å². The molecule has 2 aromatic carbocycles. The minimum absolute atomic E-state index is 0.114. The van der Waals surface area contributed by atoms with Gasteiger partial charge in [0.15, 0.2) is 15.7 Å². The van der Waals surface area contributed by atoms with Gasteiger partial charge in [0.05, 0.1) is 11.4 Å². The number of nitrogens with one attached hydrogen (secondary N) is 1. The van der Waals surface area contributed by atoms with Gasteiger partial charge in [-0.3, -0.25) is 4.79 Å². The van der Waals surface area contributed by atoms with Crippen molar-refractivity contribution in [3.8, 4) is 0 Å². The van der Waals surface area contributed by atoms with Crippen LogP contribution in [0.3, 0.4) is 0 Å². The molecule has 39 heavy (non-hydrogen) atoms. The quantitative estimate of drug-likeness (QED) is 0.560. The van der Waals surface area contributed by atoms with Crippen molar-refractivity contribution in [1.29, 1.82) is 0 Å². The summed E-state index contributed by atoms with van der Waals surface area (Å²) in [7, 11) is -7.72. The number of carbonyl (C=O) groups excluding carboxylic acids is 1. The Morgan fingerprint density at radius 2 is 1.85 bits per heavy atom. The number of aryl methyl sites for hydroxylation is 1. The van der Waals surface area contributed by atoms with Crippen LogP contribution < -0.4 is 5.32 Å². The van der Waals surface area contributed by atoms with E-state index in [1.165, 1.54) is 24.3 Å². The van der Waals surface area contributed by atoms with E-state index in [-0.39, 0.29) is 75.2 Å². The van der Waals surface area contributed by atoms with Crippen LogP contribution in [0, 0.1) is 30.5 Å². The number of aliphatic hydroxyl groups is 1. The molecule has 2 N–H and O–H groups in total. The zero-order valence-electron chi connectivity index (χ0n) is 21.4. The molecule has 0 spiro atoms. The predicted octanol–water partition coefficient (Wildman–Crippen LogP) is 3.46. The number of rotatable bonds is 5. The number of sulfone groups is 1. The van der Waals surface area contributed by atoms with Crippen molar-refractivity contribution in [3.05, 3.63) is 70.2 Å². The fourth-order valence-corrected chi connectivity index (χ4v) is 8.64. The monoisotopic (exact) mass is 573 g/mol. The topological polar surface area (TPSA) is 133 Å². The largest absolute Gasteiger partial charge is 0.511 e. The summed E-state index contributed by atoms with van der Waals surface area (Å²) in [5.74, 6) is -1.75. The molecule has 2 aliphatic heterocycles. The molecule has 2 fully saturated rings. The van der Waals surface area contributed by atoms with Gasteiger partial charge in [-0.2, -0.15) is 8.42 Å². The lowest BCUT2D eigenvalue weighted by Crippen LogP contribution is -2.53. The van der Waals surface area contributed by atoms with Gasteiger partial charge in [0, 0.05) is 24.8 Å². The van der Waals surface area contributed by atoms with Gasteiger partial charge in [-0.05, 0) is 72.9 Å². The zero-order chi connectivity index (χ0) is 27.9. The molecule has 0 unspecified atom stereocenters. The van der Waals surface area contributed by atoms with Gasteiger partial charge in [-0.1, -0.05) is 18.2 Å². The summed E-state index contributed by atoms with van der Waals surface area (Å²) < 4.78 is 68.0. The van der Waals surface area contributed by atoms with Gasteiger partial charge < -0.3 is 15.3 Å². The predicted molar refractivity (Wildman–Crippen MR) is 143 cm³/mol. The highest BCUT2D eigenvalue weighted by atomic mass is 32.2. The second-order valence-electron chi connectivity index (χ2n) is 11.1. The summed E-state index contributed by atoms with van der Waals surface area (Å²) in [6, 6.07) is 8.72. The molecule has 12 heteroatoms. The van der Waals surface area contributed by atoms with Crippen molar-refractivity contribution in [2.45, 2.75) is 49.4 Å². The number of aliphatic hydroxyl groups excluding tert-OH is 1. The highest BCUT2D eigenvalue weighted by molar-refractivity contribution is 7.90. The molecular formula is C27H28FN3O6S2. The SMILES string of the molecule is Cc1ccc(CN2C(=O)C(C3=NS(=O)(=O)c4cc(CS(C)(=O)=O)ccc4N3)=C(O)[C@@H]3[C@H]4CC[C@H](C4)[C@@H]32)cc1F. The van der Waals surface area contributed by atoms with Crippen molar-refractivity contribution in [2.75, 3.05) is 11.6 Å². The van der Waals surface area contributed by atoms with E-state index in [1.54, 1.807) is 24.0 Å². The number of benzene rings is 2. The standard InChI is InChI=1S/C27H28FN3O6S2/c1-14-3-4-15(9-19(14)28)12-31-24-18-7-6-17(11-18)22(24)25(32)23(27(31)33)26-29-20-8-5-16(13-38(2,34)35)10-21(20)39(36,37)30-26/h3-5,8-10,17-18,22,24,32H,6-7,11-13H2,1-2H3,(H,29,30)/t17-,18+,22+,24-/m0/s1. The summed E-state index contributed by atoms with van der Waals surface area (Å²) in [5, 5.41) is 14.3. The molecule has 2 aromatic rings. The van der Waals surface area contributed by atoms with Crippen molar-refractivity contribution in [3.63, 3.8) is 0 Å². The molecule has 0 radical (unpaired) electrons. The van der Waals surface area contributed by atoms with E-state index in [0.29, 0.717) is 11.1 Å². The van der Waals surface area contributed by atoms with Crippen LogP contribution >= 0.6 is 0 Å². The van der Waals surface area contributed by atoms with Gasteiger partial charge in [0.1, 0.15) is 22.0 Å². The van der Waals surface area contributed by atoms with E-state index in [1.807, 2.05) is 0 Å². The fraction of sp³-hybridized carbons (Fsp3) is 0.407. The van der Waals surface area contributed by atoms with Gasteiger partial charge in [0.2, 0.25) is 0 Å². The second-order valence-corrected chi connectivity index (χ2v) is 14.8. The summed E-state index contributed by atoms with van der Waals surface area (Å²) in [6.45, 7) is 1.77. The number of hydrogen-bond acceptors (Lipinski definition) is 7. The first-order valence-corrected chi connectivity index (χ1v) is 16.2. The van der Waals surface area contributed by atoms with E-state index < -0.39 is 25.8 Å². The molecular weight excluding hydrogens is 545 g/mol. The van der Waals surface area contributed by atoms with E-state index in [2.05, 4.69) is 9.71 Å². The van der Waals surface area contributed by atoms with E-state index in [9.17, 15) is 31.1 Å². The molecule has 0 aromatic heterocycles. The average molecular weight is 574 g/mol. The third-order valence-electron chi connectivity index (χ3n) is 8.32. The number of anilines is 1. The van der Waals surface area contributed by atoms with E-state index in [4.69, 9.17) is 0 Å². The molecule has 9 nitrogen and oxygen atoms in total. The van der Waals surface area contributed by atoms with Crippen molar-refractivity contribution in [2.24, 2.45) is 22.2 Å². The minimum atomic E-state index is -4.32. The highest BCUT2D eigenvalue weighted by Crippen LogP contribution is 2.55. The maximum absolute atomic E-state index is 14.3. The molecule has 4 aliphatic rings. The fourth-order valence-electron chi connectivity index (χ4n) is 6.68. The lowest BCUT2D eigenvalue weighted by atomic mass is 9.77. The number of hydrogen-bond donors (Lipinski definition) is 2. The normalized spacial score (nSPS) is 27.2. The molecule has 2 bridgehead atoms. The smallest absolute Gasteiger partial charge is 0.286 e. The summed E-state index contributed by atoms with van der Waals surface area (Å²) in [6.07, 6.45) is 3.73. The number of sulfonamides is 1. The first kappa shape index (κ1) is 26.0. The van der Waals surface area contributed by atoms with Gasteiger partial charge in [-0.25, -0.2) is 12.8 Å². The van der Waals surface area contributed by atoms with Crippen LogP contribution in [0.15, 0.2) is 57.0 Å². The van der Waals surface area contributed by atoms with E-state index >= 15 is 0 Å². The van der Waals surface area contributed by atoms with Crippen molar-refractivity contribution < 1.29 is 31.1 Å². The number of fused-ring (bicyclic) bond motifs is 6. The Morgan fingerprint density at radius 3 is 2.56 bits per heavy atom. The van der Waals surface area contributed by atoms with Crippen LogP contribution in [0.1, 0.15) is 36.0 Å². The zero-order valence-corrected chi connectivity index (χ0v) is 23.0. The van der Waals surface area contributed by atoms with Crippen LogP contribution in [-0.4, -0.2) is 50.9 Å². The Bertz CT molecular complexity index is 1700. The first-order chi connectivity index (χ1) is 18.3. The number of amidine groups is 1. The van der Waals surface area contributed by atoms with Crippen LogP contribution in [0.4, 0.5) is 10.1 Å². The molecule has 2 saturated carbocycles. The lowest BCUT2D eigenvalue weighted by molar-refractivity contribution is -0.134. The molecule has 2 heterocycles. The Labute approximate surface area is 226 Å². The second kappa shape index (κ2) is 8.88. The Balaban J connectivity index is 1.41. The summed E-state index contributed by atoms with van der Waals surface area (Å²) >= 11 is 0. The van der Waals surface area contributed by atoms with Gasteiger partial charge >= 0.3 is 0 Å². The summed E-state index contributed by atoms with van der Waals surface area (Å²) in [5.41, 5.74) is 1.31. The van der Waals surface area contributed by atoms with Crippen LogP contribution in [0.25, 0.3) is 0 Å². The minimum Gasteiger partial charge on any atom is -0.511 e. The number of nitrogens with zero attached hydrogens (tertiary/aromatic N) is 2. The lowest BCUT2D eigenvalue weighted by Gasteiger charge is -2.44. The Hall–Kier alpha value is -3.25. The molecule has 206 valence electrons. The maximum atomic E-state index is 14.3. The highest BCUT2D eigenvalue weighted by Gasteiger charge is 2.57. The maximum Gasteiger partial charge on any atom is 0.286 e. The van der Waals surface area contributed by atoms with Crippen LogP contribution in [0.2, 0.25) is 0 Å². The van der Waals surface area contributed by atoms with Crippen molar-refractivity contribution in [1.82, 2.24) is 4.90 Å².